The number of anilines is 1. The van der Waals surface area contributed by atoms with Crippen molar-refractivity contribution in [1.29, 1.82) is 0 Å². The number of carboxylic acid groups (broad SMARTS) is 1. The Labute approximate surface area is 165 Å². The number of carbonyl (C=O) groups is 2. The summed E-state index contributed by atoms with van der Waals surface area (Å²) in [6.07, 6.45) is 3.25. The summed E-state index contributed by atoms with van der Waals surface area (Å²) < 4.78 is 25.8. The second kappa shape index (κ2) is 6.98. The third-order valence-corrected chi connectivity index (χ3v) is 5.47. The molecule has 0 atom stereocenters. The number of para-hydroxylation sites is 1. The van der Waals surface area contributed by atoms with Gasteiger partial charge in [-0.05, 0) is 49.9 Å². The van der Waals surface area contributed by atoms with E-state index in [1.54, 1.807) is 0 Å². The lowest BCUT2D eigenvalue weighted by atomic mass is 9.77. The van der Waals surface area contributed by atoms with Crippen LogP contribution in [0.1, 0.15) is 48.0 Å². The topological polar surface area (TPSA) is 84.9 Å². The van der Waals surface area contributed by atoms with Crippen molar-refractivity contribution in [2.75, 3.05) is 5.32 Å². The zero-order chi connectivity index (χ0) is 19.9. The number of hydrogen-bond acceptors (Lipinski definition) is 4. The van der Waals surface area contributed by atoms with Crippen LogP contribution in [0.3, 0.4) is 0 Å². The summed E-state index contributed by atoms with van der Waals surface area (Å²) >= 11 is 6.30. The van der Waals surface area contributed by atoms with Crippen LogP contribution in [0, 0.1) is 5.82 Å². The van der Waals surface area contributed by atoms with Crippen LogP contribution < -0.4 is 10.1 Å². The average molecular weight is 406 g/mol. The Morgan fingerprint density at radius 1 is 1.21 bits per heavy atom. The second-order valence-electron chi connectivity index (χ2n) is 6.89. The number of amides is 1. The van der Waals surface area contributed by atoms with Crippen molar-refractivity contribution < 1.29 is 28.6 Å². The van der Waals surface area contributed by atoms with Gasteiger partial charge in [-0.25, -0.2) is 14.0 Å². The summed E-state index contributed by atoms with van der Waals surface area (Å²) in [6, 6.07) is 6.74. The fourth-order valence-corrected chi connectivity index (χ4v) is 4.14. The van der Waals surface area contributed by atoms with Gasteiger partial charge in [-0.15, -0.1) is 0 Å². The van der Waals surface area contributed by atoms with Gasteiger partial charge in [0.1, 0.15) is 16.9 Å². The Bertz CT molecular complexity index is 971. The van der Waals surface area contributed by atoms with Crippen molar-refractivity contribution >= 4 is 29.4 Å². The lowest BCUT2D eigenvalue weighted by molar-refractivity contribution is -0.0192. The molecule has 1 aliphatic carbocycles. The zero-order valence-electron chi connectivity index (χ0n) is 14.8. The van der Waals surface area contributed by atoms with E-state index in [1.165, 1.54) is 24.3 Å². The highest BCUT2D eigenvalue weighted by molar-refractivity contribution is 6.34. The highest BCUT2D eigenvalue weighted by Crippen LogP contribution is 2.52. The fraction of sp³-hybridized carbons (Fsp3) is 0.300. The molecule has 8 heteroatoms. The Hall–Kier alpha value is -2.80. The van der Waals surface area contributed by atoms with Gasteiger partial charge >= 0.3 is 12.1 Å². The lowest BCUT2D eigenvalue weighted by Crippen LogP contribution is -2.41. The second-order valence-corrected chi connectivity index (χ2v) is 7.30. The monoisotopic (exact) mass is 405 g/mol. The van der Waals surface area contributed by atoms with Gasteiger partial charge in [-0.2, -0.15) is 0 Å². The number of nitrogens with one attached hydrogen (secondary N) is 1. The number of hydrogen-bond donors (Lipinski definition) is 2. The molecule has 2 aromatic carbocycles. The van der Waals surface area contributed by atoms with Gasteiger partial charge in [0.15, 0.2) is 11.6 Å². The number of benzene rings is 2. The molecule has 1 fully saturated rings. The molecule has 0 saturated heterocycles. The fourth-order valence-electron chi connectivity index (χ4n) is 3.94. The van der Waals surface area contributed by atoms with Gasteiger partial charge in [0.2, 0.25) is 0 Å². The minimum Gasteiger partial charge on any atom is -0.478 e. The molecular weight excluding hydrogens is 389 g/mol. The number of rotatable bonds is 3. The Morgan fingerprint density at radius 3 is 2.68 bits per heavy atom. The molecule has 1 amide bonds. The molecule has 0 radical (unpaired) electrons. The smallest absolute Gasteiger partial charge is 0.412 e. The normalized spacial score (nSPS) is 17.4. The summed E-state index contributed by atoms with van der Waals surface area (Å²) in [7, 11) is 0. The Kier molecular flexibility index (Phi) is 4.63. The zero-order valence-corrected chi connectivity index (χ0v) is 15.5. The maximum Gasteiger partial charge on any atom is 0.412 e. The molecule has 0 aromatic heterocycles. The summed E-state index contributed by atoms with van der Waals surface area (Å²) in [4.78, 5) is 23.6. The molecule has 6 nitrogen and oxygen atoms in total. The molecular formula is C20H17ClFNO5. The van der Waals surface area contributed by atoms with Gasteiger partial charge in [-0.1, -0.05) is 24.1 Å². The molecule has 2 aliphatic rings. The van der Waals surface area contributed by atoms with Gasteiger partial charge in [-0.3, -0.25) is 5.32 Å². The first kappa shape index (κ1) is 18.6. The molecule has 1 aliphatic heterocycles. The number of carboxylic acids is 1. The summed E-state index contributed by atoms with van der Waals surface area (Å²) in [5.41, 5.74) is -0.378. The van der Waals surface area contributed by atoms with Crippen LogP contribution in [-0.4, -0.2) is 17.2 Å². The van der Waals surface area contributed by atoms with Gasteiger partial charge in [0, 0.05) is 0 Å². The first-order valence-corrected chi connectivity index (χ1v) is 9.32. The van der Waals surface area contributed by atoms with Crippen LogP contribution in [-0.2, 0) is 10.3 Å². The van der Waals surface area contributed by atoms with E-state index in [-0.39, 0.29) is 11.3 Å². The van der Waals surface area contributed by atoms with Crippen LogP contribution in [0.15, 0.2) is 30.3 Å². The van der Waals surface area contributed by atoms with Crippen molar-refractivity contribution in [3.05, 3.63) is 52.3 Å². The SMILES string of the molecule is O=C1Nc2c(Cl)ccc(Oc3c(F)cccc3C(=O)O)c2C2(CCCCC2)O1. The van der Waals surface area contributed by atoms with Crippen LogP contribution in [0.2, 0.25) is 5.02 Å². The number of ether oxygens (including phenoxy) is 2. The number of carbonyl (C=O) groups excluding carboxylic acids is 1. The lowest BCUT2D eigenvalue weighted by Gasteiger charge is -2.42. The number of halogens is 2. The van der Waals surface area contributed by atoms with Gasteiger partial charge < -0.3 is 14.6 Å². The van der Waals surface area contributed by atoms with Crippen LogP contribution in [0.25, 0.3) is 0 Å². The number of aromatic carboxylic acids is 1. The van der Waals surface area contributed by atoms with Crippen molar-refractivity contribution in [2.24, 2.45) is 0 Å². The number of fused-ring (bicyclic) bond motifs is 2. The van der Waals surface area contributed by atoms with Crippen LogP contribution >= 0.6 is 11.6 Å². The molecule has 28 heavy (non-hydrogen) atoms. The highest BCUT2D eigenvalue weighted by atomic mass is 35.5. The van der Waals surface area contributed by atoms with Gasteiger partial charge in [0.05, 0.1) is 16.3 Å². The van der Waals surface area contributed by atoms with Gasteiger partial charge in [0.25, 0.3) is 0 Å². The Morgan fingerprint density at radius 2 is 1.96 bits per heavy atom. The molecule has 146 valence electrons. The van der Waals surface area contributed by atoms with Crippen molar-refractivity contribution in [2.45, 2.75) is 37.7 Å². The van der Waals surface area contributed by atoms with Crippen molar-refractivity contribution in [3.8, 4) is 11.5 Å². The first-order chi connectivity index (χ1) is 13.4. The molecule has 1 heterocycles. The maximum atomic E-state index is 14.4. The summed E-state index contributed by atoms with van der Waals surface area (Å²) in [5.74, 6) is -2.31. The molecule has 4 rings (SSSR count). The third kappa shape index (κ3) is 3.05. The predicted molar refractivity (Wildman–Crippen MR) is 99.8 cm³/mol. The maximum absolute atomic E-state index is 14.4. The van der Waals surface area contributed by atoms with Crippen molar-refractivity contribution in [3.63, 3.8) is 0 Å². The minimum atomic E-state index is -1.31. The molecule has 2 aromatic rings. The van der Waals surface area contributed by atoms with Crippen molar-refractivity contribution in [1.82, 2.24) is 0 Å². The van der Waals surface area contributed by atoms with E-state index < -0.39 is 29.2 Å². The van der Waals surface area contributed by atoms with E-state index in [4.69, 9.17) is 21.1 Å². The predicted octanol–water partition coefficient (Wildman–Crippen LogP) is 5.69. The average Bonchev–Trinajstić information content (AvgIpc) is 2.66. The molecule has 0 unspecified atom stereocenters. The largest absolute Gasteiger partial charge is 0.478 e. The van der Waals surface area contributed by atoms with E-state index in [1.807, 2.05) is 0 Å². The van der Waals surface area contributed by atoms with E-state index in [2.05, 4.69) is 5.32 Å². The molecule has 2 N–H and O–H groups in total. The quantitative estimate of drug-likeness (QED) is 0.685. The van der Waals surface area contributed by atoms with E-state index >= 15 is 0 Å². The van der Waals surface area contributed by atoms with E-state index in [0.29, 0.717) is 29.1 Å². The van der Waals surface area contributed by atoms with Crippen LogP contribution in [0.4, 0.5) is 14.9 Å². The summed E-state index contributed by atoms with van der Waals surface area (Å²) in [5, 5.41) is 12.3. The van der Waals surface area contributed by atoms with E-state index in [0.717, 1.165) is 25.3 Å². The first-order valence-electron chi connectivity index (χ1n) is 8.94. The molecule has 1 saturated carbocycles. The standard InChI is InChI=1S/C20H17ClFNO5/c21-12-7-8-14(27-17-11(18(24)25)5-4-6-13(17)22)15-16(12)23-19(26)28-20(15)9-2-1-3-10-20/h4-8H,1-3,9-10H2,(H,23,26)(H,24,25). The van der Waals surface area contributed by atoms with Crippen LogP contribution in [0.5, 0.6) is 11.5 Å². The molecule has 1 spiro atoms. The minimum absolute atomic E-state index is 0.203. The molecule has 0 bridgehead atoms. The summed E-state index contributed by atoms with van der Waals surface area (Å²) in [6.45, 7) is 0. The third-order valence-electron chi connectivity index (χ3n) is 5.16. The Balaban J connectivity index is 1.88. The van der Waals surface area contributed by atoms with E-state index in [9.17, 15) is 19.1 Å². The highest BCUT2D eigenvalue weighted by Gasteiger charge is 2.46.